The maximum absolute atomic E-state index is 9.61. The molecule has 1 nitrogen and oxygen atoms in total. The average Bonchev–Trinajstić information content (AvgIpc) is 2.39. The molecule has 0 saturated carbocycles. The van der Waals surface area contributed by atoms with Crippen LogP contribution in [0.5, 0.6) is 5.06 Å². The van der Waals surface area contributed by atoms with Crippen LogP contribution in [0.4, 0.5) is 0 Å². The molecular formula is C10H9BrOS. The number of rotatable bonds is 1. The zero-order valence-corrected chi connectivity index (χ0v) is 9.58. The summed E-state index contributed by atoms with van der Waals surface area (Å²) in [5.74, 6) is 0. The van der Waals surface area contributed by atoms with Gasteiger partial charge in [-0.1, -0.05) is 39.4 Å². The number of thiophene rings is 1. The highest BCUT2D eigenvalue weighted by atomic mass is 79.9. The summed E-state index contributed by atoms with van der Waals surface area (Å²) in [6.45, 7) is 2.06. The van der Waals surface area contributed by atoms with Crippen molar-refractivity contribution in [2.75, 3.05) is 0 Å². The van der Waals surface area contributed by atoms with Gasteiger partial charge in [0.1, 0.15) is 0 Å². The van der Waals surface area contributed by atoms with Crippen LogP contribution in [0.3, 0.4) is 0 Å². The van der Waals surface area contributed by atoms with Gasteiger partial charge in [0.15, 0.2) is 5.06 Å². The van der Waals surface area contributed by atoms with Crippen molar-refractivity contribution >= 4 is 37.4 Å². The molecule has 1 aromatic heterocycles. The van der Waals surface area contributed by atoms with Crippen LogP contribution in [0, 0.1) is 6.92 Å². The zero-order valence-electron chi connectivity index (χ0n) is 7.17. The van der Waals surface area contributed by atoms with Crippen molar-refractivity contribution in [3.63, 3.8) is 0 Å². The lowest BCUT2D eigenvalue weighted by molar-refractivity contribution is 0.487. The van der Waals surface area contributed by atoms with Gasteiger partial charge in [-0.05, 0) is 18.6 Å². The van der Waals surface area contributed by atoms with Gasteiger partial charge < -0.3 is 5.11 Å². The van der Waals surface area contributed by atoms with E-state index in [0.29, 0.717) is 10.4 Å². The molecule has 0 unspecified atom stereocenters. The van der Waals surface area contributed by atoms with Gasteiger partial charge in [0.05, 0.1) is 0 Å². The lowest BCUT2D eigenvalue weighted by Crippen LogP contribution is -1.74. The first-order valence-electron chi connectivity index (χ1n) is 3.99. The van der Waals surface area contributed by atoms with Gasteiger partial charge >= 0.3 is 0 Å². The van der Waals surface area contributed by atoms with Crippen LogP contribution < -0.4 is 0 Å². The van der Waals surface area contributed by atoms with Gasteiger partial charge in [-0.2, -0.15) is 0 Å². The van der Waals surface area contributed by atoms with Gasteiger partial charge in [0.25, 0.3) is 0 Å². The molecule has 0 spiro atoms. The Hall–Kier alpha value is -0.540. The minimum absolute atomic E-state index is 0.428. The lowest BCUT2D eigenvalue weighted by Gasteiger charge is -1.94. The second-order valence-corrected chi connectivity index (χ2v) is 4.61. The van der Waals surface area contributed by atoms with E-state index in [2.05, 4.69) is 41.1 Å². The van der Waals surface area contributed by atoms with Crippen molar-refractivity contribution in [2.24, 2.45) is 0 Å². The van der Waals surface area contributed by atoms with E-state index in [1.54, 1.807) is 0 Å². The fourth-order valence-electron chi connectivity index (χ4n) is 1.37. The molecule has 1 N–H and O–H groups in total. The minimum Gasteiger partial charge on any atom is -0.499 e. The van der Waals surface area contributed by atoms with E-state index in [1.165, 1.54) is 16.9 Å². The molecule has 1 aromatic carbocycles. The summed E-state index contributed by atoms with van der Waals surface area (Å²) in [7, 11) is 0. The molecule has 0 radical (unpaired) electrons. The molecule has 0 aliphatic carbocycles. The number of hydrogen-bond acceptors (Lipinski definition) is 2. The van der Waals surface area contributed by atoms with Crippen LogP contribution in [0.25, 0.3) is 10.1 Å². The van der Waals surface area contributed by atoms with Crippen molar-refractivity contribution in [1.29, 1.82) is 0 Å². The molecule has 13 heavy (non-hydrogen) atoms. The highest BCUT2D eigenvalue weighted by Crippen LogP contribution is 2.38. The van der Waals surface area contributed by atoms with Crippen LogP contribution in [-0.2, 0) is 5.33 Å². The van der Waals surface area contributed by atoms with Crippen molar-refractivity contribution in [2.45, 2.75) is 12.3 Å². The first-order chi connectivity index (χ1) is 6.22. The Balaban J connectivity index is 2.79. The number of fused-ring (bicyclic) bond motifs is 1. The Morgan fingerprint density at radius 2 is 2.23 bits per heavy atom. The molecule has 0 bridgehead atoms. The average molecular weight is 257 g/mol. The van der Waals surface area contributed by atoms with E-state index >= 15 is 0 Å². The van der Waals surface area contributed by atoms with Crippen LogP contribution >= 0.6 is 27.3 Å². The lowest BCUT2D eigenvalue weighted by atomic mass is 10.1. The molecule has 1 heterocycles. The Morgan fingerprint density at radius 1 is 1.46 bits per heavy atom. The van der Waals surface area contributed by atoms with Gasteiger partial charge in [-0.25, -0.2) is 0 Å². The quantitative estimate of drug-likeness (QED) is 0.770. The highest BCUT2D eigenvalue weighted by Gasteiger charge is 2.09. The standard InChI is InChI=1S/C10H9BrOS/c1-6-2-3-7-8(5-11)10(12)13-9(7)4-6/h2-4,12H,5H2,1H3. The van der Waals surface area contributed by atoms with E-state index in [9.17, 15) is 5.11 Å². The minimum atomic E-state index is 0.428. The summed E-state index contributed by atoms with van der Waals surface area (Å²) in [6.07, 6.45) is 0. The molecule has 0 amide bonds. The van der Waals surface area contributed by atoms with Crippen molar-refractivity contribution in [3.8, 4) is 5.06 Å². The number of halogens is 1. The highest BCUT2D eigenvalue weighted by molar-refractivity contribution is 9.08. The summed E-state index contributed by atoms with van der Waals surface area (Å²) in [6, 6.07) is 6.24. The molecule has 68 valence electrons. The van der Waals surface area contributed by atoms with Gasteiger partial charge in [-0.3, -0.25) is 0 Å². The summed E-state index contributed by atoms with van der Waals surface area (Å²) in [5.41, 5.74) is 2.23. The maximum Gasteiger partial charge on any atom is 0.176 e. The number of benzene rings is 1. The fraction of sp³-hybridized carbons (Fsp3) is 0.200. The summed E-state index contributed by atoms with van der Waals surface area (Å²) < 4.78 is 1.16. The SMILES string of the molecule is Cc1ccc2c(CBr)c(O)sc2c1. The molecule has 0 aliphatic heterocycles. The molecule has 3 heteroatoms. The Kier molecular flexibility index (Phi) is 2.30. The van der Waals surface area contributed by atoms with E-state index in [-0.39, 0.29) is 0 Å². The Labute approximate surface area is 89.1 Å². The fourth-order valence-corrected chi connectivity index (χ4v) is 3.19. The number of aromatic hydroxyl groups is 1. The number of aryl methyl sites for hydroxylation is 1. The number of hydrogen-bond donors (Lipinski definition) is 1. The molecule has 2 aromatic rings. The third kappa shape index (κ3) is 1.46. The predicted octanol–water partition coefficient (Wildman–Crippen LogP) is 3.81. The topological polar surface area (TPSA) is 20.2 Å². The normalized spacial score (nSPS) is 10.9. The molecule has 0 saturated heterocycles. The van der Waals surface area contributed by atoms with Gasteiger partial charge in [0.2, 0.25) is 0 Å². The summed E-state index contributed by atoms with van der Waals surface area (Å²) >= 11 is 4.82. The van der Waals surface area contributed by atoms with E-state index in [4.69, 9.17) is 0 Å². The zero-order chi connectivity index (χ0) is 9.42. The first kappa shape index (κ1) is 9.03. The smallest absolute Gasteiger partial charge is 0.176 e. The molecule has 0 aliphatic rings. The maximum atomic E-state index is 9.61. The first-order valence-corrected chi connectivity index (χ1v) is 5.93. The van der Waals surface area contributed by atoms with Crippen molar-refractivity contribution in [3.05, 3.63) is 29.3 Å². The molecule has 0 atom stereocenters. The second-order valence-electron chi connectivity index (χ2n) is 3.02. The van der Waals surface area contributed by atoms with E-state index in [0.717, 1.165) is 15.6 Å². The Morgan fingerprint density at radius 3 is 2.92 bits per heavy atom. The van der Waals surface area contributed by atoms with Crippen LogP contribution in [-0.4, -0.2) is 5.11 Å². The van der Waals surface area contributed by atoms with Crippen molar-refractivity contribution < 1.29 is 5.11 Å². The van der Waals surface area contributed by atoms with E-state index in [1.807, 2.05) is 0 Å². The summed E-state index contributed by atoms with van der Waals surface area (Å²) in [5, 5.41) is 11.9. The largest absolute Gasteiger partial charge is 0.499 e. The van der Waals surface area contributed by atoms with Gasteiger partial charge in [0, 0.05) is 21.0 Å². The monoisotopic (exact) mass is 256 g/mol. The number of alkyl halides is 1. The predicted molar refractivity (Wildman–Crippen MR) is 60.9 cm³/mol. The van der Waals surface area contributed by atoms with Crippen LogP contribution in [0.15, 0.2) is 18.2 Å². The molecule has 2 rings (SSSR count). The third-order valence-electron chi connectivity index (χ3n) is 2.06. The van der Waals surface area contributed by atoms with Crippen molar-refractivity contribution in [1.82, 2.24) is 0 Å². The Bertz CT molecular complexity index is 447. The van der Waals surface area contributed by atoms with Gasteiger partial charge in [-0.15, -0.1) is 0 Å². The van der Waals surface area contributed by atoms with Crippen LogP contribution in [0.1, 0.15) is 11.1 Å². The molecule has 0 fully saturated rings. The molecular weight excluding hydrogens is 248 g/mol. The van der Waals surface area contributed by atoms with E-state index < -0.39 is 0 Å². The summed E-state index contributed by atoms with van der Waals surface area (Å²) in [4.78, 5) is 0. The van der Waals surface area contributed by atoms with Crippen LogP contribution in [0.2, 0.25) is 0 Å². The third-order valence-corrected chi connectivity index (χ3v) is 3.62. The second kappa shape index (κ2) is 3.31.